The number of thioether (sulfide) groups is 1. The minimum Gasteiger partial charge on any atom is -0.426 e. The Morgan fingerprint density at radius 2 is 1.85 bits per heavy atom. The number of para-hydroxylation sites is 1. The molecule has 0 aromatic heterocycles. The zero-order valence-electron chi connectivity index (χ0n) is 13.6. The van der Waals surface area contributed by atoms with Crippen molar-refractivity contribution in [1.29, 1.82) is 0 Å². The molecule has 1 aliphatic rings. The first-order valence-corrected chi connectivity index (χ1v) is 9.72. The highest BCUT2D eigenvalue weighted by Gasteiger charge is 2.29. The van der Waals surface area contributed by atoms with Gasteiger partial charge in [0.15, 0.2) is 0 Å². The molecule has 26 heavy (non-hydrogen) atoms. The fourth-order valence-corrected chi connectivity index (χ4v) is 4.28. The molecule has 0 bridgehead atoms. The van der Waals surface area contributed by atoms with Gasteiger partial charge in [-0.05, 0) is 47.2 Å². The predicted octanol–water partition coefficient (Wildman–Crippen LogP) is 5.01. The monoisotopic (exact) mass is 427 g/mol. The summed E-state index contributed by atoms with van der Waals surface area (Å²) in [5.74, 6) is -0.117. The van der Waals surface area contributed by atoms with Crippen molar-refractivity contribution in [1.82, 2.24) is 0 Å². The van der Waals surface area contributed by atoms with E-state index in [2.05, 4.69) is 21.2 Å². The van der Waals surface area contributed by atoms with Crippen LogP contribution in [0.25, 0.3) is 10.8 Å². The summed E-state index contributed by atoms with van der Waals surface area (Å²) in [6, 6.07) is 18.9. The minimum atomic E-state index is -0.492. The van der Waals surface area contributed by atoms with Gasteiger partial charge in [-0.2, -0.15) is 0 Å². The minimum absolute atomic E-state index is 0.0171. The van der Waals surface area contributed by atoms with Gasteiger partial charge in [-0.25, -0.2) is 0 Å². The third kappa shape index (κ3) is 3.61. The molecule has 1 atom stereocenters. The standard InChI is InChI=1S/C20H14BrNO3S/c21-14-7-5-13-10-15(8-6-12(13)9-14)25-19(23)11-18-20(24)22-16-3-1-2-4-17(16)26-18/h1-10,18H,11H2,(H,22,24)/t18-/m0/s1. The number of ether oxygens (including phenoxy) is 1. The topological polar surface area (TPSA) is 55.4 Å². The molecular weight excluding hydrogens is 414 g/mol. The van der Waals surface area contributed by atoms with Crippen molar-refractivity contribution in [2.24, 2.45) is 0 Å². The van der Waals surface area contributed by atoms with Crippen LogP contribution in [0.15, 0.2) is 70.0 Å². The second-order valence-corrected chi connectivity index (χ2v) is 8.08. The molecule has 0 spiro atoms. The van der Waals surface area contributed by atoms with Crippen LogP contribution in [0.3, 0.4) is 0 Å². The number of nitrogens with one attached hydrogen (secondary N) is 1. The molecule has 0 fully saturated rings. The highest BCUT2D eigenvalue weighted by Crippen LogP contribution is 2.36. The Bertz CT molecular complexity index is 1020. The van der Waals surface area contributed by atoms with Gasteiger partial charge in [-0.1, -0.05) is 40.2 Å². The van der Waals surface area contributed by atoms with Crippen molar-refractivity contribution in [3.05, 3.63) is 65.1 Å². The number of benzene rings is 3. The number of carbonyl (C=O) groups excluding carboxylic acids is 2. The molecule has 0 unspecified atom stereocenters. The third-order valence-electron chi connectivity index (χ3n) is 4.06. The van der Waals surface area contributed by atoms with Gasteiger partial charge < -0.3 is 10.1 Å². The van der Waals surface area contributed by atoms with E-state index in [-0.39, 0.29) is 12.3 Å². The second kappa shape index (κ2) is 7.13. The van der Waals surface area contributed by atoms with Gasteiger partial charge in [0.05, 0.1) is 17.4 Å². The highest BCUT2D eigenvalue weighted by molar-refractivity contribution is 9.10. The van der Waals surface area contributed by atoms with Crippen LogP contribution < -0.4 is 10.1 Å². The van der Waals surface area contributed by atoms with Crippen molar-refractivity contribution in [3.8, 4) is 5.75 Å². The molecule has 1 N–H and O–H groups in total. The van der Waals surface area contributed by atoms with E-state index in [1.807, 2.05) is 54.6 Å². The first-order chi connectivity index (χ1) is 12.6. The zero-order valence-corrected chi connectivity index (χ0v) is 16.0. The van der Waals surface area contributed by atoms with Crippen molar-refractivity contribution < 1.29 is 14.3 Å². The molecule has 0 aliphatic carbocycles. The summed E-state index contributed by atoms with van der Waals surface area (Å²) in [6.45, 7) is 0. The van der Waals surface area contributed by atoms with Crippen LogP contribution >= 0.6 is 27.7 Å². The van der Waals surface area contributed by atoms with E-state index < -0.39 is 11.2 Å². The Morgan fingerprint density at radius 3 is 2.73 bits per heavy atom. The average molecular weight is 428 g/mol. The fraction of sp³-hybridized carbons (Fsp3) is 0.100. The number of esters is 1. The SMILES string of the molecule is O=C(C[C@@H]1Sc2ccccc2NC1=O)Oc1ccc2cc(Br)ccc2c1. The fourth-order valence-electron chi connectivity index (χ4n) is 2.81. The molecule has 1 heterocycles. The maximum absolute atomic E-state index is 12.3. The first kappa shape index (κ1) is 17.1. The molecule has 3 aromatic rings. The van der Waals surface area contributed by atoms with E-state index in [0.29, 0.717) is 5.75 Å². The largest absolute Gasteiger partial charge is 0.426 e. The predicted molar refractivity (Wildman–Crippen MR) is 107 cm³/mol. The molecule has 4 rings (SSSR count). The Balaban J connectivity index is 1.46. The van der Waals surface area contributed by atoms with E-state index >= 15 is 0 Å². The van der Waals surface area contributed by atoms with Crippen LogP contribution in [0.4, 0.5) is 5.69 Å². The molecule has 130 valence electrons. The Hall–Kier alpha value is -2.31. The number of amides is 1. The lowest BCUT2D eigenvalue weighted by Crippen LogP contribution is -2.31. The number of rotatable bonds is 3. The van der Waals surface area contributed by atoms with Crippen LogP contribution in [-0.2, 0) is 9.59 Å². The number of carbonyl (C=O) groups is 2. The lowest BCUT2D eigenvalue weighted by atomic mass is 10.1. The number of fused-ring (bicyclic) bond motifs is 2. The van der Waals surface area contributed by atoms with E-state index in [9.17, 15) is 9.59 Å². The van der Waals surface area contributed by atoms with Gasteiger partial charge in [0.1, 0.15) is 5.75 Å². The average Bonchev–Trinajstić information content (AvgIpc) is 2.62. The quantitative estimate of drug-likeness (QED) is 0.471. The van der Waals surface area contributed by atoms with Crippen LogP contribution in [0.1, 0.15) is 6.42 Å². The molecule has 6 heteroatoms. The van der Waals surface area contributed by atoms with E-state index in [1.165, 1.54) is 11.8 Å². The van der Waals surface area contributed by atoms with Crippen LogP contribution in [0.2, 0.25) is 0 Å². The van der Waals surface area contributed by atoms with E-state index in [1.54, 1.807) is 6.07 Å². The van der Waals surface area contributed by atoms with E-state index in [0.717, 1.165) is 25.8 Å². The zero-order chi connectivity index (χ0) is 18.1. The van der Waals surface area contributed by atoms with Crippen molar-refractivity contribution in [2.45, 2.75) is 16.6 Å². The number of anilines is 1. The summed E-state index contributed by atoms with van der Waals surface area (Å²) >= 11 is 4.83. The van der Waals surface area contributed by atoms with E-state index in [4.69, 9.17) is 4.74 Å². The van der Waals surface area contributed by atoms with Crippen molar-refractivity contribution in [3.63, 3.8) is 0 Å². The third-order valence-corrected chi connectivity index (χ3v) is 5.83. The maximum atomic E-state index is 12.3. The van der Waals surface area contributed by atoms with Gasteiger partial charge in [0.25, 0.3) is 0 Å². The Labute approximate surface area is 163 Å². The molecule has 1 amide bonds. The molecule has 3 aromatic carbocycles. The molecule has 1 aliphatic heterocycles. The summed E-state index contributed by atoms with van der Waals surface area (Å²) < 4.78 is 6.44. The van der Waals surface area contributed by atoms with Crippen LogP contribution in [0, 0.1) is 0 Å². The molecular formula is C20H14BrNO3S. The van der Waals surface area contributed by atoms with Crippen molar-refractivity contribution in [2.75, 3.05) is 5.32 Å². The van der Waals surface area contributed by atoms with Gasteiger partial charge in [-0.3, -0.25) is 9.59 Å². The normalized spacial score (nSPS) is 16.0. The summed E-state index contributed by atoms with van der Waals surface area (Å²) in [5.41, 5.74) is 0.785. The summed E-state index contributed by atoms with van der Waals surface area (Å²) in [6.07, 6.45) is 0.0171. The lowest BCUT2D eigenvalue weighted by Gasteiger charge is -2.23. The highest BCUT2D eigenvalue weighted by atomic mass is 79.9. The summed E-state index contributed by atoms with van der Waals surface area (Å²) in [4.78, 5) is 25.5. The van der Waals surface area contributed by atoms with Gasteiger partial charge in [-0.15, -0.1) is 11.8 Å². The van der Waals surface area contributed by atoms with Crippen LogP contribution in [0.5, 0.6) is 5.75 Å². The van der Waals surface area contributed by atoms with Gasteiger partial charge >= 0.3 is 5.97 Å². The number of halogens is 1. The molecule has 0 radical (unpaired) electrons. The number of hydrogen-bond acceptors (Lipinski definition) is 4. The summed E-state index contributed by atoms with van der Waals surface area (Å²) in [7, 11) is 0. The van der Waals surface area contributed by atoms with Crippen molar-refractivity contribution >= 4 is 56.0 Å². The molecule has 4 nitrogen and oxygen atoms in total. The Morgan fingerprint density at radius 1 is 1.08 bits per heavy atom. The summed E-state index contributed by atoms with van der Waals surface area (Å²) in [5, 5.41) is 4.38. The smallest absolute Gasteiger partial charge is 0.312 e. The van der Waals surface area contributed by atoms with Gasteiger partial charge in [0.2, 0.25) is 5.91 Å². The van der Waals surface area contributed by atoms with Gasteiger partial charge in [0, 0.05) is 9.37 Å². The maximum Gasteiger partial charge on any atom is 0.312 e. The first-order valence-electron chi connectivity index (χ1n) is 8.05. The molecule has 0 saturated heterocycles. The molecule has 0 saturated carbocycles. The second-order valence-electron chi connectivity index (χ2n) is 5.92. The Kier molecular flexibility index (Phi) is 4.70. The lowest BCUT2D eigenvalue weighted by molar-refractivity contribution is -0.135. The van der Waals surface area contributed by atoms with Crippen LogP contribution in [-0.4, -0.2) is 17.1 Å². The number of hydrogen-bond donors (Lipinski definition) is 1.